The van der Waals surface area contributed by atoms with E-state index < -0.39 is 53.9 Å². The van der Waals surface area contributed by atoms with Gasteiger partial charge in [-0.1, -0.05) is 49.4 Å². The molecular formula is C34H37ClF3N7O6. The number of aliphatic carboxylic acids is 1. The second kappa shape index (κ2) is 16.4. The topological polar surface area (TPSA) is 185 Å². The first-order valence-corrected chi connectivity index (χ1v) is 16.9. The number of ether oxygens (including phenoxy) is 1. The summed E-state index contributed by atoms with van der Waals surface area (Å²) >= 11 is 6.02. The van der Waals surface area contributed by atoms with Crippen LogP contribution >= 0.6 is 11.6 Å². The normalized spacial score (nSPS) is 16.2. The Morgan fingerprint density at radius 2 is 1.57 bits per heavy atom. The molecule has 0 unspecified atom stereocenters. The van der Waals surface area contributed by atoms with Crippen LogP contribution in [0.5, 0.6) is 6.01 Å². The van der Waals surface area contributed by atoms with Crippen LogP contribution in [0, 0.1) is 0 Å². The van der Waals surface area contributed by atoms with Crippen LogP contribution in [0.3, 0.4) is 0 Å². The molecule has 5 N–H and O–H groups in total. The van der Waals surface area contributed by atoms with E-state index >= 15 is 0 Å². The van der Waals surface area contributed by atoms with Crippen molar-refractivity contribution in [3.8, 4) is 6.01 Å². The van der Waals surface area contributed by atoms with Gasteiger partial charge in [0.15, 0.2) is 6.61 Å². The van der Waals surface area contributed by atoms with Gasteiger partial charge in [0.2, 0.25) is 17.7 Å². The van der Waals surface area contributed by atoms with Gasteiger partial charge in [0.1, 0.15) is 6.04 Å². The van der Waals surface area contributed by atoms with Gasteiger partial charge in [-0.2, -0.15) is 28.1 Å². The number of hydrogen-bond donors (Lipinski definition) is 5. The number of carboxylic acid groups (broad SMARTS) is 1. The number of nitrogens with zero attached hydrogens (tertiary/aromatic N) is 3. The summed E-state index contributed by atoms with van der Waals surface area (Å²) in [6.07, 6.45) is 1.80. The molecule has 2 aliphatic rings. The van der Waals surface area contributed by atoms with Crippen LogP contribution in [0.2, 0.25) is 5.02 Å². The molecule has 1 aromatic heterocycles. The van der Waals surface area contributed by atoms with Crippen LogP contribution in [0.4, 0.5) is 30.8 Å². The number of aromatic nitrogens is 3. The number of carboxylic acids is 1. The Morgan fingerprint density at radius 3 is 2.18 bits per heavy atom. The first-order chi connectivity index (χ1) is 24.3. The fraction of sp³-hybridized carbons (Fsp3) is 0.441. The van der Waals surface area contributed by atoms with Crippen LogP contribution < -0.4 is 26.0 Å². The van der Waals surface area contributed by atoms with Gasteiger partial charge in [-0.15, -0.1) is 0 Å². The minimum atomic E-state index is -4.64. The summed E-state index contributed by atoms with van der Waals surface area (Å²) in [6.45, 7) is -1.62. The van der Waals surface area contributed by atoms with Crippen molar-refractivity contribution in [3.63, 3.8) is 0 Å². The van der Waals surface area contributed by atoms with Gasteiger partial charge >= 0.3 is 18.2 Å². The largest absolute Gasteiger partial charge is 0.480 e. The third-order valence-corrected chi connectivity index (χ3v) is 8.84. The summed E-state index contributed by atoms with van der Waals surface area (Å²) in [5.74, 6) is -3.80. The summed E-state index contributed by atoms with van der Waals surface area (Å²) in [4.78, 5) is 61.9. The summed E-state index contributed by atoms with van der Waals surface area (Å²) in [5, 5.41) is 21.3. The highest BCUT2D eigenvalue weighted by molar-refractivity contribution is 6.36. The maximum Gasteiger partial charge on any atom is 0.422 e. The average Bonchev–Trinajstić information content (AvgIpc) is 3.90. The predicted octanol–water partition coefficient (Wildman–Crippen LogP) is 5.68. The van der Waals surface area contributed by atoms with Crippen LogP contribution in [0.25, 0.3) is 0 Å². The van der Waals surface area contributed by atoms with Crippen LogP contribution in [-0.4, -0.2) is 68.5 Å². The molecule has 5 rings (SSSR count). The molecule has 13 nitrogen and oxygen atoms in total. The maximum absolute atomic E-state index is 12.9. The smallest absolute Gasteiger partial charge is 0.422 e. The number of hydrogen-bond acceptors (Lipinski definition) is 10. The van der Waals surface area contributed by atoms with Crippen molar-refractivity contribution in [2.24, 2.45) is 0 Å². The molecule has 2 saturated carbocycles. The lowest BCUT2D eigenvalue weighted by Gasteiger charge is -2.19. The molecule has 0 radical (unpaired) electrons. The molecule has 0 spiro atoms. The molecule has 1 atom stereocenters. The number of ketones is 1. The zero-order valence-electron chi connectivity index (χ0n) is 27.4. The van der Waals surface area contributed by atoms with E-state index in [0.29, 0.717) is 23.6 Å². The zero-order valence-corrected chi connectivity index (χ0v) is 28.1. The van der Waals surface area contributed by atoms with Gasteiger partial charge in [0.05, 0.1) is 5.54 Å². The minimum Gasteiger partial charge on any atom is -0.480 e. The third kappa shape index (κ3) is 11.0. The number of carbonyl (C=O) groups excluding carboxylic acids is 3. The van der Waals surface area contributed by atoms with Gasteiger partial charge in [-0.25, -0.2) is 4.79 Å². The number of rotatable bonds is 15. The van der Waals surface area contributed by atoms with E-state index in [1.165, 1.54) is 24.3 Å². The average molecular weight is 732 g/mol. The molecule has 2 aromatic carbocycles. The van der Waals surface area contributed by atoms with Gasteiger partial charge in [-0.3, -0.25) is 14.4 Å². The Balaban J connectivity index is 1.21. The second-order valence-electron chi connectivity index (χ2n) is 12.6. The van der Waals surface area contributed by atoms with E-state index in [1.807, 2.05) is 12.1 Å². The molecule has 272 valence electrons. The van der Waals surface area contributed by atoms with Crippen LogP contribution in [0.15, 0.2) is 48.5 Å². The molecule has 1 heterocycles. The number of amides is 2. The SMILES string of the molecule is O=C(CC[C@H](NC(=O)c1ccc(Nc2nc(NC3(c4ccc(Cl)cc4)CC3)nc(OCC(F)(F)F)n2)cc1)C(=O)O)C(=O)NC1CCCCCC1. The Hall–Kier alpha value is -4.99. The number of Topliss-reactive ketones (excluding diaryl/α,β-unsaturated/α-hetero) is 1. The highest BCUT2D eigenvalue weighted by atomic mass is 35.5. The fourth-order valence-corrected chi connectivity index (χ4v) is 5.81. The molecule has 0 bridgehead atoms. The lowest BCUT2D eigenvalue weighted by Crippen LogP contribution is -2.43. The molecule has 3 aromatic rings. The Morgan fingerprint density at radius 1 is 0.922 bits per heavy atom. The molecule has 2 fully saturated rings. The summed E-state index contributed by atoms with van der Waals surface area (Å²) in [5.41, 5.74) is 0.752. The number of alkyl halides is 3. The van der Waals surface area contributed by atoms with Crippen molar-refractivity contribution in [2.45, 2.75) is 88.0 Å². The second-order valence-corrected chi connectivity index (χ2v) is 13.0. The van der Waals surface area contributed by atoms with Crippen molar-refractivity contribution < 1.29 is 42.2 Å². The monoisotopic (exact) mass is 731 g/mol. The maximum atomic E-state index is 12.9. The minimum absolute atomic E-state index is 0.0340. The first-order valence-electron chi connectivity index (χ1n) is 16.5. The Bertz CT molecular complexity index is 1710. The van der Waals surface area contributed by atoms with E-state index in [2.05, 4.69) is 36.2 Å². The van der Waals surface area contributed by atoms with E-state index in [0.717, 1.165) is 44.1 Å². The van der Waals surface area contributed by atoms with Crippen molar-refractivity contribution in [1.82, 2.24) is 25.6 Å². The zero-order chi connectivity index (χ0) is 36.6. The Labute approximate surface area is 296 Å². The summed E-state index contributed by atoms with van der Waals surface area (Å²) in [7, 11) is 0. The van der Waals surface area contributed by atoms with E-state index in [4.69, 9.17) is 16.3 Å². The number of carbonyl (C=O) groups is 4. The lowest BCUT2D eigenvalue weighted by molar-refractivity contribution is -0.154. The lowest BCUT2D eigenvalue weighted by atomic mass is 10.1. The summed E-state index contributed by atoms with van der Waals surface area (Å²) in [6, 6.07) is 10.7. The molecule has 0 saturated heterocycles. The van der Waals surface area contributed by atoms with E-state index in [9.17, 15) is 37.5 Å². The number of nitrogens with one attached hydrogen (secondary N) is 4. The molecular weight excluding hydrogens is 695 g/mol. The van der Waals surface area contributed by atoms with E-state index in [-0.39, 0.29) is 36.3 Å². The van der Waals surface area contributed by atoms with Crippen molar-refractivity contribution in [3.05, 3.63) is 64.7 Å². The number of benzene rings is 2. The highest BCUT2D eigenvalue weighted by Gasteiger charge is 2.45. The van der Waals surface area contributed by atoms with E-state index in [1.54, 1.807) is 12.1 Å². The fourth-order valence-electron chi connectivity index (χ4n) is 5.68. The molecule has 0 aliphatic heterocycles. The number of halogens is 4. The quantitative estimate of drug-likeness (QED) is 0.0957. The first kappa shape index (κ1) is 37.3. The summed E-state index contributed by atoms with van der Waals surface area (Å²) < 4.78 is 43.6. The van der Waals surface area contributed by atoms with Crippen molar-refractivity contribution in [2.75, 3.05) is 17.2 Å². The highest BCUT2D eigenvalue weighted by Crippen LogP contribution is 2.48. The van der Waals surface area contributed by atoms with Gasteiger partial charge in [0, 0.05) is 28.7 Å². The molecule has 51 heavy (non-hydrogen) atoms. The van der Waals surface area contributed by atoms with Crippen LogP contribution in [-0.2, 0) is 19.9 Å². The van der Waals surface area contributed by atoms with Gasteiger partial charge in [0.25, 0.3) is 11.8 Å². The molecule has 2 amide bonds. The van der Waals surface area contributed by atoms with Crippen LogP contribution in [0.1, 0.15) is 80.1 Å². The standard InChI is InChI=1S/C34H37ClF3N7O6/c35-22-11-9-21(10-12-22)33(17-18-33)45-31-42-30(43-32(44-31)51-19-34(36,37)38)40-24-13-7-20(8-14-24)27(47)41-25(29(49)50)15-16-26(46)28(48)39-23-5-3-1-2-4-6-23/h7-14,23,25H,1-6,15-19H2,(H,39,48)(H,41,47)(H,49,50)(H2,40,42,43,44,45)/t25-/m0/s1. The van der Waals surface area contributed by atoms with Gasteiger partial charge < -0.3 is 31.1 Å². The third-order valence-electron chi connectivity index (χ3n) is 8.59. The van der Waals surface area contributed by atoms with Crippen molar-refractivity contribution in [1.29, 1.82) is 0 Å². The molecule has 2 aliphatic carbocycles. The number of anilines is 3. The molecule has 17 heteroatoms. The Kier molecular flexibility index (Phi) is 12.0. The van der Waals surface area contributed by atoms with Gasteiger partial charge in [-0.05, 0) is 74.1 Å². The predicted molar refractivity (Wildman–Crippen MR) is 180 cm³/mol. The van der Waals surface area contributed by atoms with Crippen molar-refractivity contribution >= 4 is 52.8 Å².